The van der Waals surface area contributed by atoms with Gasteiger partial charge in [0.15, 0.2) is 5.88 Å². The summed E-state index contributed by atoms with van der Waals surface area (Å²) in [6.45, 7) is 4.72. The van der Waals surface area contributed by atoms with E-state index in [0.717, 1.165) is 49.3 Å². The smallest absolute Gasteiger partial charge is 0.213 e. The first-order valence-corrected chi connectivity index (χ1v) is 8.89. The molecule has 0 amide bonds. The topological polar surface area (TPSA) is 94.4 Å². The van der Waals surface area contributed by atoms with Crippen molar-refractivity contribution in [2.24, 2.45) is 0 Å². The molecule has 0 saturated carbocycles. The SMILES string of the molecule is N#Cc1ccc2[nH]c(O)c(-c3ccnc(OCCN4CCOCC4)c3)c2c1. The van der Waals surface area contributed by atoms with Crippen LogP contribution in [0.3, 0.4) is 0 Å². The number of nitrogens with zero attached hydrogens (tertiary/aromatic N) is 3. The molecule has 3 aromatic rings. The van der Waals surface area contributed by atoms with Gasteiger partial charge in [0.05, 0.1) is 30.4 Å². The molecule has 0 aliphatic carbocycles. The van der Waals surface area contributed by atoms with E-state index >= 15 is 0 Å². The Kier molecular flexibility index (Phi) is 4.92. The van der Waals surface area contributed by atoms with Gasteiger partial charge in [0, 0.05) is 42.8 Å². The van der Waals surface area contributed by atoms with Gasteiger partial charge >= 0.3 is 0 Å². The van der Waals surface area contributed by atoms with E-state index in [1.165, 1.54) is 0 Å². The van der Waals surface area contributed by atoms with Crippen LogP contribution in [-0.2, 0) is 4.74 Å². The van der Waals surface area contributed by atoms with Crippen LogP contribution in [0.15, 0.2) is 36.5 Å². The second-order valence-corrected chi connectivity index (χ2v) is 6.41. The number of nitriles is 1. The highest BCUT2D eigenvalue weighted by Crippen LogP contribution is 2.37. The molecule has 0 radical (unpaired) electrons. The van der Waals surface area contributed by atoms with Gasteiger partial charge in [-0.25, -0.2) is 4.98 Å². The molecule has 2 N–H and O–H groups in total. The molecule has 2 aromatic heterocycles. The number of H-pyrrole nitrogens is 1. The lowest BCUT2D eigenvalue weighted by atomic mass is 10.0. The predicted octanol–water partition coefficient (Wildman–Crippen LogP) is 2.52. The Labute approximate surface area is 156 Å². The van der Waals surface area contributed by atoms with Crippen LogP contribution < -0.4 is 4.74 Å². The minimum Gasteiger partial charge on any atom is -0.494 e. The van der Waals surface area contributed by atoms with Crippen molar-refractivity contribution in [3.05, 3.63) is 42.1 Å². The monoisotopic (exact) mass is 364 g/mol. The Morgan fingerprint density at radius 3 is 2.93 bits per heavy atom. The summed E-state index contributed by atoms with van der Waals surface area (Å²) >= 11 is 0. The van der Waals surface area contributed by atoms with Crippen LogP contribution in [0.2, 0.25) is 0 Å². The number of hydrogen-bond donors (Lipinski definition) is 2. The first-order chi connectivity index (χ1) is 13.2. The third-order valence-electron chi connectivity index (χ3n) is 4.69. The molecular formula is C20H20N4O3. The van der Waals surface area contributed by atoms with Crippen molar-refractivity contribution in [1.82, 2.24) is 14.9 Å². The summed E-state index contributed by atoms with van der Waals surface area (Å²) in [5.41, 5.74) is 2.74. The molecule has 7 heteroatoms. The zero-order chi connectivity index (χ0) is 18.6. The number of aromatic amines is 1. The van der Waals surface area contributed by atoms with Gasteiger partial charge in [-0.2, -0.15) is 5.26 Å². The lowest BCUT2D eigenvalue weighted by Crippen LogP contribution is -2.38. The summed E-state index contributed by atoms with van der Waals surface area (Å²) in [5.74, 6) is 0.566. The van der Waals surface area contributed by atoms with Crippen LogP contribution in [0.1, 0.15) is 5.56 Å². The fourth-order valence-corrected chi connectivity index (χ4v) is 3.29. The first kappa shape index (κ1) is 17.3. The molecule has 1 aliphatic rings. The molecule has 1 fully saturated rings. The van der Waals surface area contributed by atoms with Crippen molar-refractivity contribution < 1.29 is 14.6 Å². The number of ether oxygens (including phenoxy) is 2. The Balaban J connectivity index is 1.54. The fraction of sp³-hybridized carbons (Fsp3) is 0.300. The highest BCUT2D eigenvalue weighted by Gasteiger charge is 2.15. The standard InChI is InChI=1S/C20H20N4O3/c21-13-14-1-2-17-16(11-14)19(20(25)23-17)15-3-4-22-18(12-15)27-10-7-24-5-8-26-9-6-24/h1-4,11-12,23,25H,5-10H2. The molecule has 4 rings (SSSR count). The zero-order valence-electron chi connectivity index (χ0n) is 14.8. The maximum atomic E-state index is 10.4. The maximum Gasteiger partial charge on any atom is 0.213 e. The van der Waals surface area contributed by atoms with Crippen molar-refractivity contribution in [3.63, 3.8) is 0 Å². The van der Waals surface area contributed by atoms with Gasteiger partial charge in [-0.1, -0.05) is 0 Å². The largest absolute Gasteiger partial charge is 0.494 e. The van der Waals surface area contributed by atoms with E-state index in [9.17, 15) is 5.11 Å². The molecule has 3 heterocycles. The van der Waals surface area contributed by atoms with Crippen LogP contribution in [0, 0.1) is 11.3 Å². The number of rotatable bonds is 5. The summed E-state index contributed by atoms with van der Waals surface area (Å²) in [4.78, 5) is 9.51. The van der Waals surface area contributed by atoms with Gasteiger partial charge in [0.25, 0.3) is 0 Å². The van der Waals surface area contributed by atoms with Crippen molar-refractivity contribution in [2.45, 2.75) is 0 Å². The second kappa shape index (κ2) is 7.66. The van der Waals surface area contributed by atoms with E-state index in [4.69, 9.17) is 14.7 Å². The molecule has 1 aromatic carbocycles. The number of fused-ring (bicyclic) bond motifs is 1. The van der Waals surface area contributed by atoms with Gasteiger partial charge in [0.1, 0.15) is 6.61 Å². The van der Waals surface area contributed by atoms with Crippen LogP contribution in [-0.4, -0.2) is 59.4 Å². The number of morpholine rings is 1. The van der Waals surface area contributed by atoms with E-state index in [-0.39, 0.29) is 5.88 Å². The molecule has 138 valence electrons. The number of aromatic hydroxyl groups is 1. The number of pyridine rings is 1. The summed E-state index contributed by atoms with van der Waals surface area (Å²) in [6.07, 6.45) is 1.66. The van der Waals surface area contributed by atoms with Crippen LogP contribution in [0.5, 0.6) is 11.8 Å². The van der Waals surface area contributed by atoms with E-state index in [1.54, 1.807) is 30.5 Å². The summed E-state index contributed by atoms with van der Waals surface area (Å²) < 4.78 is 11.1. The minimum atomic E-state index is 0.0607. The van der Waals surface area contributed by atoms with Crippen molar-refractivity contribution in [1.29, 1.82) is 5.26 Å². The molecule has 0 spiro atoms. The molecule has 0 atom stereocenters. The Morgan fingerprint density at radius 1 is 1.26 bits per heavy atom. The highest BCUT2D eigenvalue weighted by atomic mass is 16.5. The lowest BCUT2D eigenvalue weighted by Gasteiger charge is -2.26. The van der Waals surface area contributed by atoms with Crippen molar-refractivity contribution in [2.75, 3.05) is 39.5 Å². The lowest BCUT2D eigenvalue weighted by molar-refractivity contribution is 0.0320. The molecule has 27 heavy (non-hydrogen) atoms. The van der Waals surface area contributed by atoms with Gasteiger partial charge < -0.3 is 19.6 Å². The quantitative estimate of drug-likeness (QED) is 0.722. The van der Waals surface area contributed by atoms with E-state index in [1.807, 2.05) is 6.07 Å². The number of hydrogen-bond acceptors (Lipinski definition) is 6. The van der Waals surface area contributed by atoms with Gasteiger partial charge in [0.2, 0.25) is 5.88 Å². The van der Waals surface area contributed by atoms with Crippen molar-refractivity contribution >= 4 is 10.9 Å². The van der Waals surface area contributed by atoms with Gasteiger partial charge in [-0.05, 0) is 29.8 Å². The first-order valence-electron chi connectivity index (χ1n) is 8.89. The third-order valence-corrected chi connectivity index (χ3v) is 4.69. The normalized spacial score (nSPS) is 14.9. The molecule has 1 saturated heterocycles. The van der Waals surface area contributed by atoms with Gasteiger partial charge in [-0.15, -0.1) is 0 Å². The highest BCUT2D eigenvalue weighted by molar-refractivity contribution is 5.99. The van der Waals surface area contributed by atoms with Crippen LogP contribution >= 0.6 is 0 Å². The van der Waals surface area contributed by atoms with Crippen LogP contribution in [0.4, 0.5) is 0 Å². The van der Waals surface area contributed by atoms with Gasteiger partial charge in [-0.3, -0.25) is 4.90 Å². The van der Waals surface area contributed by atoms with E-state index < -0.39 is 0 Å². The minimum absolute atomic E-state index is 0.0607. The fourth-order valence-electron chi connectivity index (χ4n) is 3.29. The zero-order valence-corrected chi connectivity index (χ0v) is 14.8. The number of benzene rings is 1. The molecular weight excluding hydrogens is 344 g/mol. The average molecular weight is 364 g/mol. The molecule has 7 nitrogen and oxygen atoms in total. The Morgan fingerprint density at radius 2 is 2.11 bits per heavy atom. The predicted molar refractivity (Wildman–Crippen MR) is 101 cm³/mol. The molecule has 1 aliphatic heterocycles. The second-order valence-electron chi connectivity index (χ2n) is 6.41. The summed E-state index contributed by atoms with van der Waals surface area (Å²) in [5, 5.41) is 20.3. The maximum absolute atomic E-state index is 10.4. The van der Waals surface area contributed by atoms with Crippen molar-refractivity contribution in [3.8, 4) is 29.0 Å². The molecule has 0 bridgehead atoms. The van der Waals surface area contributed by atoms with E-state index in [2.05, 4.69) is 20.9 Å². The number of nitrogens with one attached hydrogen (secondary N) is 1. The third kappa shape index (κ3) is 3.72. The molecule has 0 unspecified atom stereocenters. The van der Waals surface area contributed by atoms with Crippen LogP contribution in [0.25, 0.3) is 22.0 Å². The average Bonchev–Trinajstić information content (AvgIpc) is 3.04. The van der Waals surface area contributed by atoms with E-state index in [0.29, 0.717) is 23.6 Å². The number of aromatic nitrogens is 2. The Bertz CT molecular complexity index is 987. The Hall–Kier alpha value is -3.08. The summed E-state index contributed by atoms with van der Waals surface area (Å²) in [6, 6.07) is 11.0. The summed E-state index contributed by atoms with van der Waals surface area (Å²) in [7, 11) is 0.